The van der Waals surface area contributed by atoms with Crippen LogP contribution in [0.2, 0.25) is 5.02 Å². The SMILES string of the molecule is Cc1cccc(CNC(=O)NC2CCCCN(Cc3cccc(Cl)c3)C2=O)c1. The number of amides is 3. The highest BCUT2D eigenvalue weighted by Crippen LogP contribution is 2.17. The van der Waals surface area contributed by atoms with Crippen LogP contribution in [0.5, 0.6) is 0 Å². The van der Waals surface area contributed by atoms with Crippen molar-refractivity contribution in [1.82, 2.24) is 15.5 Å². The Morgan fingerprint density at radius 3 is 2.71 bits per heavy atom. The minimum Gasteiger partial charge on any atom is -0.337 e. The minimum absolute atomic E-state index is 0.0387. The molecule has 5 nitrogen and oxygen atoms in total. The lowest BCUT2D eigenvalue weighted by Crippen LogP contribution is -2.50. The lowest BCUT2D eigenvalue weighted by molar-refractivity contribution is -0.133. The van der Waals surface area contributed by atoms with Gasteiger partial charge in [-0.3, -0.25) is 4.79 Å². The van der Waals surface area contributed by atoms with Crippen LogP contribution in [0.25, 0.3) is 0 Å². The van der Waals surface area contributed by atoms with Crippen LogP contribution in [0, 0.1) is 6.92 Å². The molecule has 1 saturated heterocycles. The molecule has 3 amide bonds. The number of nitrogens with one attached hydrogen (secondary N) is 2. The predicted molar refractivity (Wildman–Crippen MR) is 111 cm³/mol. The number of halogens is 1. The van der Waals surface area contributed by atoms with Gasteiger partial charge < -0.3 is 15.5 Å². The summed E-state index contributed by atoms with van der Waals surface area (Å²) in [6, 6.07) is 14.7. The summed E-state index contributed by atoms with van der Waals surface area (Å²) in [6.07, 6.45) is 2.48. The Morgan fingerprint density at radius 2 is 1.93 bits per heavy atom. The van der Waals surface area contributed by atoms with Crippen LogP contribution < -0.4 is 10.6 Å². The van der Waals surface area contributed by atoms with Crippen LogP contribution in [0.1, 0.15) is 36.0 Å². The van der Waals surface area contributed by atoms with E-state index >= 15 is 0 Å². The molecule has 0 saturated carbocycles. The summed E-state index contributed by atoms with van der Waals surface area (Å²) in [6.45, 7) is 3.64. The zero-order chi connectivity index (χ0) is 19.9. The molecule has 0 spiro atoms. The number of carbonyl (C=O) groups excluding carboxylic acids is 2. The summed E-state index contributed by atoms with van der Waals surface area (Å²) < 4.78 is 0. The summed E-state index contributed by atoms with van der Waals surface area (Å²) in [5.41, 5.74) is 3.17. The Hall–Kier alpha value is -2.53. The lowest BCUT2D eigenvalue weighted by Gasteiger charge is -2.25. The molecule has 3 rings (SSSR count). The van der Waals surface area contributed by atoms with Gasteiger partial charge in [0.15, 0.2) is 0 Å². The van der Waals surface area contributed by atoms with Gasteiger partial charge in [-0.2, -0.15) is 0 Å². The number of hydrogen-bond donors (Lipinski definition) is 2. The summed E-state index contributed by atoms with van der Waals surface area (Å²) in [5, 5.41) is 6.36. The smallest absolute Gasteiger partial charge is 0.315 e. The molecule has 0 radical (unpaired) electrons. The predicted octanol–water partition coefficient (Wildman–Crippen LogP) is 4.03. The van der Waals surface area contributed by atoms with Crippen LogP contribution in [0.4, 0.5) is 4.79 Å². The molecule has 2 aromatic rings. The van der Waals surface area contributed by atoms with Crippen LogP contribution in [0.3, 0.4) is 0 Å². The first-order chi connectivity index (χ1) is 13.5. The van der Waals surface area contributed by atoms with E-state index in [0.29, 0.717) is 31.1 Å². The number of hydrogen-bond acceptors (Lipinski definition) is 2. The van der Waals surface area contributed by atoms with Gasteiger partial charge in [-0.1, -0.05) is 53.6 Å². The summed E-state index contributed by atoms with van der Waals surface area (Å²) in [4.78, 5) is 27.1. The molecule has 1 fully saturated rings. The molecule has 1 aliphatic rings. The molecule has 1 aliphatic heterocycles. The fourth-order valence-corrected chi connectivity index (χ4v) is 3.68. The number of aryl methyl sites for hydroxylation is 1. The molecule has 1 unspecified atom stereocenters. The van der Waals surface area contributed by atoms with E-state index in [1.165, 1.54) is 0 Å². The second-order valence-electron chi connectivity index (χ2n) is 7.25. The monoisotopic (exact) mass is 399 g/mol. The van der Waals surface area contributed by atoms with E-state index in [4.69, 9.17) is 11.6 Å². The van der Waals surface area contributed by atoms with E-state index in [2.05, 4.69) is 10.6 Å². The quantitative estimate of drug-likeness (QED) is 0.797. The summed E-state index contributed by atoms with van der Waals surface area (Å²) in [7, 11) is 0. The highest BCUT2D eigenvalue weighted by atomic mass is 35.5. The molecule has 28 heavy (non-hydrogen) atoms. The normalized spacial score (nSPS) is 17.1. The summed E-state index contributed by atoms with van der Waals surface area (Å²) >= 11 is 6.05. The van der Waals surface area contributed by atoms with Crippen molar-refractivity contribution in [1.29, 1.82) is 0 Å². The Kier molecular flexibility index (Phi) is 6.93. The van der Waals surface area contributed by atoms with Gasteiger partial charge in [-0.15, -0.1) is 0 Å². The van der Waals surface area contributed by atoms with E-state index in [1.807, 2.05) is 60.4 Å². The molecule has 0 bridgehead atoms. The first kappa shape index (κ1) is 20.2. The summed E-state index contributed by atoms with van der Waals surface area (Å²) in [5.74, 6) is -0.0387. The lowest BCUT2D eigenvalue weighted by atomic mass is 10.1. The molecule has 1 heterocycles. The Balaban J connectivity index is 1.57. The van der Waals surface area contributed by atoms with Crippen LogP contribution in [0.15, 0.2) is 48.5 Å². The zero-order valence-electron chi connectivity index (χ0n) is 16.1. The maximum Gasteiger partial charge on any atom is 0.315 e. The van der Waals surface area contributed by atoms with Gasteiger partial charge in [-0.25, -0.2) is 4.79 Å². The fraction of sp³-hybridized carbons (Fsp3) is 0.364. The molecular formula is C22H26ClN3O2. The first-order valence-electron chi connectivity index (χ1n) is 9.64. The minimum atomic E-state index is -0.501. The topological polar surface area (TPSA) is 61.4 Å². The molecule has 148 valence electrons. The molecule has 0 aromatic heterocycles. The number of nitrogens with zero attached hydrogens (tertiary/aromatic N) is 1. The van der Waals surface area contributed by atoms with Crippen molar-refractivity contribution >= 4 is 23.5 Å². The Morgan fingerprint density at radius 1 is 1.14 bits per heavy atom. The van der Waals surface area contributed by atoms with Crippen molar-refractivity contribution < 1.29 is 9.59 Å². The maximum atomic E-state index is 12.9. The number of rotatable bonds is 5. The Bertz CT molecular complexity index is 840. The average Bonchev–Trinajstić information content (AvgIpc) is 2.83. The van der Waals surface area contributed by atoms with E-state index in [0.717, 1.165) is 29.5 Å². The van der Waals surface area contributed by atoms with Crippen molar-refractivity contribution in [3.63, 3.8) is 0 Å². The van der Waals surface area contributed by atoms with Gasteiger partial charge >= 0.3 is 6.03 Å². The number of benzene rings is 2. The Labute approximate surface area is 171 Å². The van der Waals surface area contributed by atoms with E-state index in [-0.39, 0.29) is 11.9 Å². The van der Waals surface area contributed by atoms with E-state index in [1.54, 1.807) is 0 Å². The number of urea groups is 1. The third kappa shape index (κ3) is 5.73. The van der Waals surface area contributed by atoms with E-state index < -0.39 is 6.04 Å². The van der Waals surface area contributed by atoms with Gasteiger partial charge in [0.1, 0.15) is 6.04 Å². The van der Waals surface area contributed by atoms with Crippen molar-refractivity contribution in [2.75, 3.05) is 6.54 Å². The van der Waals surface area contributed by atoms with Crippen molar-refractivity contribution in [2.45, 2.75) is 45.3 Å². The van der Waals surface area contributed by atoms with Crippen LogP contribution in [-0.2, 0) is 17.9 Å². The average molecular weight is 400 g/mol. The maximum absolute atomic E-state index is 12.9. The second-order valence-corrected chi connectivity index (χ2v) is 7.69. The standard InChI is InChI=1S/C22H26ClN3O2/c1-16-6-4-7-17(12-16)14-24-22(28)25-20-10-2-3-11-26(21(20)27)15-18-8-5-9-19(23)13-18/h4-9,12-13,20H,2-3,10-11,14-15H2,1H3,(H2,24,25,28). The van der Waals surface area contributed by atoms with Gasteiger partial charge in [-0.05, 0) is 49.4 Å². The number of carbonyl (C=O) groups is 2. The van der Waals surface area contributed by atoms with Gasteiger partial charge in [0.2, 0.25) is 5.91 Å². The second kappa shape index (κ2) is 9.60. The highest BCUT2D eigenvalue weighted by molar-refractivity contribution is 6.30. The molecule has 2 aromatic carbocycles. The number of likely N-dealkylation sites (tertiary alicyclic amines) is 1. The van der Waals surface area contributed by atoms with Gasteiger partial charge in [0.05, 0.1) is 0 Å². The van der Waals surface area contributed by atoms with Crippen molar-refractivity contribution in [2.24, 2.45) is 0 Å². The van der Waals surface area contributed by atoms with Crippen molar-refractivity contribution in [3.8, 4) is 0 Å². The van der Waals surface area contributed by atoms with Gasteiger partial charge in [0, 0.05) is 24.7 Å². The fourth-order valence-electron chi connectivity index (χ4n) is 3.47. The molecule has 1 atom stereocenters. The van der Waals surface area contributed by atoms with Gasteiger partial charge in [0.25, 0.3) is 0 Å². The molecule has 6 heteroatoms. The third-order valence-corrected chi connectivity index (χ3v) is 5.12. The highest BCUT2D eigenvalue weighted by Gasteiger charge is 2.28. The van der Waals surface area contributed by atoms with Crippen molar-refractivity contribution in [3.05, 3.63) is 70.2 Å². The van der Waals surface area contributed by atoms with E-state index in [9.17, 15) is 9.59 Å². The van der Waals surface area contributed by atoms with Crippen LogP contribution in [-0.4, -0.2) is 29.4 Å². The first-order valence-corrected chi connectivity index (χ1v) is 10.0. The molecule has 2 N–H and O–H groups in total. The third-order valence-electron chi connectivity index (χ3n) is 4.88. The molecular weight excluding hydrogens is 374 g/mol. The molecule has 0 aliphatic carbocycles. The zero-order valence-corrected chi connectivity index (χ0v) is 16.8. The largest absolute Gasteiger partial charge is 0.337 e. The van der Waals surface area contributed by atoms with Crippen LogP contribution >= 0.6 is 11.6 Å².